The van der Waals surface area contributed by atoms with Gasteiger partial charge in [-0.2, -0.15) is 0 Å². The fraction of sp³-hybridized carbons (Fsp3) is 0.520. The van der Waals surface area contributed by atoms with Gasteiger partial charge in [-0.05, 0) is 50.5 Å². The molecule has 0 unspecified atom stereocenters. The summed E-state index contributed by atoms with van der Waals surface area (Å²) in [6.07, 6.45) is 4.78. The van der Waals surface area contributed by atoms with Crippen LogP contribution in [0.25, 0.3) is 11.4 Å². The van der Waals surface area contributed by atoms with Crippen molar-refractivity contribution >= 4 is 29.1 Å². The molecule has 2 saturated heterocycles. The number of nitrogens with zero attached hydrogens (tertiary/aromatic N) is 4. The van der Waals surface area contributed by atoms with Crippen LogP contribution in [0.1, 0.15) is 26.2 Å². The van der Waals surface area contributed by atoms with Crippen LogP contribution in [0, 0.1) is 5.92 Å². The lowest BCUT2D eigenvalue weighted by molar-refractivity contribution is -0.127. The topological polar surface area (TPSA) is 109 Å². The van der Waals surface area contributed by atoms with Crippen molar-refractivity contribution in [3.05, 3.63) is 30.5 Å². The number of urea groups is 1. The zero-order valence-corrected chi connectivity index (χ0v) is 19.8. The minimum atomic E-state index is -0.807. The molecule has 2 N–H and O–H groups in total. The average Bonchev–Trinajstić information content (AvgIpc) is 3.52. The van der Waals surface area contributed by atoms with Gasteiger partial charge in [0.25, 0.3) is 5.91 Å². The number of carbonyl (C=O) groups is 2. The summed E-state index contributed by atoms with van der Waals surface area (Å²) in [4.78, 5) is 39.1. The van der Waals surface area contributed by atoms with Gasteiger partial charge in [-0.3, -0.25) is 4.79 Å². The van der Waals surface area contributed by atoms with Gasteiger partial charge < -0.3 is 29.9 Å². The SMILES string of the molecule is C[C@]12COCCN1c1nc(-c3ccc(NC(=O)NC4CC4)cc3)ncc1N(C[C@@H]1CCOC1)C2=O. The number of benzene rings is 1. The van der Waals surface area contributed by atoms with E-state index in [1.54, 1.807) is 6.20 Å². The van der Waals surface area contributed by atoms with Gasteiger partial charge in [-0.1, -0.05) is 0 Å². The predicted molar refractivity (Wildman–Crippen MR) is 130 cm³/mol. The molecule has 35 heavy (non-hydrogen) atoms. The molecule has 0 spiro atoms. The van der Waals surface area contributed by atoms with E-state index in [2.05, 4.69) is 20.5 Å². The number of aromatic nitrogens is 2. The first-order valence-corrected chi connectivity index (χ1v) is 12.3. The van der Waals surface area contributed by atoms with Gasteiger partial charge in [0, 0.05) is 42.9 Å². The average molecular weight is 479 g/mol. The summed E-state index contributed by atoms with van der Waals surface area (Å²) in [5, 5.41) is 5.78. The van der Waals surface area contributed by atoms with Crippen LogP contribution in [-0.2, 0) is 14.3 Å². The number of amides is 3. The summed E-state index contributed by atoms with van der Waals surface area (Å²) in [7, 11) is 0. The van der Waals surface area contributed by atoms with Crippen LogP contribution >= 0.6 is 0 Å². The third-order valence-electron chi connectivity index (χ3n) is 7.22. The first kappa shape index (κ1) is 22.2. The Hall–Kier alpha value is -3.24. The zero-order chi connectivity index (χ0) is 24.0. The highest BCUT2D eigenvalue weighted by molar-refractivity contribution is 6.07. The molecule has 2 atom stereocenters. The minimum absolute atomic E-state index is 0.0212. The number of hydrogen-bond acceptors (Lipinski definition) is 7. The molecule has 3 amide bonds. The first-order chi connectivity index (χ1) is 17.0. The number of hydrogen-bond donors (Lipinski definition) is 2. The van der Waals surface area contributed by atoms with Crippen LogP contribution in [0.4, 0.5) is 22.0 Å². The Bertz CT molecular complexity index is 1130. The molecule has 2 aromatic rings. The second kappa shape index (κ2) is 8.76. The molecule has 1 aliphatic carbocycles. The molecule has 1 aromatic heterocycles. The molecule has 0 radical (unpaired) electrons. The zero-order valence-electron chi connectivity index (χ0n) is 19.8. The van der Waals surface area contributed by atoms with Gasteiger partial charge >= 0.3 is 6.03 Å². The Morgan fingerprint density at radius 3 is 2.74 bits per heavy atom. The molecule has 184 valence electrons. The largest absolute Gasteiger partial charge is 0.381 e. The van der Waals surface area contributed by atoms with Crippen molar-refractivity contribution in [1.29, 1.82) is 0 Å². The molecule has 4 aliphatic rings. The standard InChI is InChI=1S/C25H30N6O4/c1-25-15-35-11-9-31(25)22-20(30(23(25)32)13-16-8-10-34-14-16)12-26-21(29-22)17-2-4-18(5-3-17)27-24(33)28-19-6-7-19/h2-5,12,16,19H,6-11,13-15H2,1H3,(H2,27,28,33)/t16-,25+/m0/s1. The van der Waals surface area contributed by atoms with Gasteiger partial charge in [0.15, 0.2) is 11.6 Å². The number of carbonyl (C=O) groups excluding carboxylic acids is 2. The summed E-state index contributed by atoms with van der Waals surface area (Å²) in [6, 6.07) is 7.60. The summed E-state index contributed by atoms with van der Waals surface area (Å²) in [5.41, 5.74) is 1.48. The smallest absolute Gasteiger partial charge is 0.319 e. The molecule has 3 fully saturated rings. The molecular weight excluding hydrogens is 448 g/mol. The van der Waals surface area contributed by atoms with Crippen LogP contribution < -0.4 is 20.4 Å². The van der Waals surface area contributed by atoms with Crippen molar-refractivity contribution in [1.82, 2.24) is 15.3 Å². The monoisotopic (exact) mass is 478 g/mol. The molecule has 1 aromatic carbocycles. The van der Waals surface area contributed by atoms with E-state index < -0.39 is 5.54 Å². The predicted octanol–water partition coefficient (Wildman–Crippen LogP) is 2.41. The lowest BCUT2D eigenvalue weighted by Crippen LogP contribution is -2.67. The Kier molecular flexibility index (Phi) is 5.57. The molecule has 3 aliphatic heterocycles. The molecule has 10 nitrogen and oxygen atoms in total. The number of fused-ring (bicyclic) bond motifs is 3. The van der Waals surface area contributed by atoms with Gasteiger partial charge in [-0.25, -0.2) is 14.8 Å². The van der Waals surface area contributed by atoms with E-state index in [0.717, 1.165) is 42.9 Å². The fourth-order valence-electron chi connectivity index (χ4n) is 5.01. The van der Waals surface area contributed by atoms with Crippen LogP contribution in [0.5, 0.6) is 0 Å². The third-order valence-corrected chi connectivity index (χ3v) is 7.22. The van der Waals surface area contributed by atoms with Gasteiger partial charge in [0.2, 0.25) is 0 Å². The van der Waals surface area contributed by atoms with E-state index in [0.29, 0.717) is 56.4 Å². The number of anilines is 3. The summed E-state index contributed by atoms with van der Waals surface area (Å²) < 4.78 is 11.3. The maximum Gasteiger partial charge on any atom is 0.319 e. The van der Waals surface area contributed by atoms with E-state index in [1.165, 1.54) is 0 Å². The van der Waals surface area contributed by atoms with Crippen molar-refractivity contribution in [2.75, 3.05) is 54.6 Å². The highest BCUT2D eigenvalue weighted by Crippen LogP contribution is 2.41. The second-order valence-electron chi connectivity index (χ2n) is 9.98. The normalized spacial score (nSPS) is 25.7. The Morgan fingerprint density at radius 2 is 2.00 bits per heavy atom. The van der Waals surface area contributed by atoms with E-state index in [4.69, 9.17) is 14.5 Å². The fourth-order valence-corrected chi connectivity index (χ4v) is 5.01. The lowest BCUT2D eigenvalue weighted by atomic mass is 9.93. The van der Waals surface area contributed by atoms with E-state index in [1.807, 2.05) is 36.1 Å². The lowest BCUT2D eigenvalue weighted by Gasteiger charge is -2.50. The van der Waals surface area contributed by atoms with Crippen molar-refractivity contribution < 1.29 is 19.1 Å². The van der Waals surface area contributed by atoms with E-state index in [-0.39, 0.29) is 11.9 Å². The van der Waals surface area contributed by atoms with Crippen LogP contribution in [0.2, 0.25) is 0 Å². The third kappa shape index (κ3) is 4.21. The minimum Gasteiger partial charge on any atom is -0.381 e. The van der Waals surface area contributed by atoms with Crippen molar-refractivity contribution in [3.8, 4) is 11.4 Å². The quantitative estimate of drug-likeness (QED) is 0.679. The Morgan fingerprint density at radius 1 is 1.17 bits per heavy atom. The Balaban J connectivity index is 1.29. The number of morpholine rings is 1. The van der Waals surface area contributed by atoms with Gasteiger partial charge in [-0.15, -0.1) is 0 Å². The molecule has 10 heteroatoms. The van der Waals surface area contributed by atoms with E-state index >= 15 is 0 Å². The van der Waals surface area contributed by atoms with Crippen molar-refractivity contribution in [2.45, 2.75) is 37.8 Å². The van der Waals surface area contributed by atoms with Gasteiger partial charge in [0.05, 0.1) is 26.0 Å². The maximum atomic E-state index is 13.7. The molecular formula is C25H30N6O4. The van der Waals surface area contributed by atoms with Crippen LogP contribution in [-0.4, -0.2) is 73.0 Å². The number of nitrogens with one attached hydrogen (secondary N) is 2. The number of rotatable bonds is 5. The maximum absolute atomic E-state index is 13.7. The first-order valence-electron chi connectivity index (χ1n) is 12.3. The Labute approximate surface area is 204 Å². The van der Waals surface area contributed by atoms with Gasteiger partial charge in [0.1, 0.15) is 11.2 Å². The second-order valence-corrected chi connectivity index (χ2v) is 9.98. The summed E-state index contributed by atoms with van der Waals surface area (Å²) >= 11 is 0. The highest BCUT2D eigenvalue weighted by atomic mass is 16.5. The highest BCUT2D eigenvalue weighted by Gasteiger charge is 2.51. The summed E-state index contributed by atoms with van der Waals surface area (Å²) in [5.74, 6) is 1.64. The van der Waals surface area contributed by atoms with Crippen molar-refractivity contribution in [3.63, 3.8) is 0 Å². The summed E-state index contributed by atoms with van der Waals surface area (Å²) in [6.45, 7) is 5.37. The number of ether oxygens (including phenoxy) is 2. The molecule has 1 saturated carbocycles. The molecule has 4 heterocycles. The molecule has 6 rings (SSSR count). The van der Waals surface area contributed by atoms with Crippen molar-refractivity contribution in [2.24, 2.45) is 5.92 Å². The van der Waals surface area contributed by atoms with E-state index in [9.17, 15) is 9.59 Å². The van der Waals surface area contributed by atoms with Crippen LogP contribution in [0.3, 0.4) is 0 Å². The van der Waals surface area contributed by atoms with Crippen LogP contribution in [0.15, 0.2) is 30.5 Å². The molecule has 0 bridgehead atoms.